The fourth-order valence-corrected chi connectivity index (χ4v) is 3.92. The van der Waals surface area contributed by atoms with E-state index in [1.807, 2.05) is 66.9 Å². The number of nitriles is 1. The van der Waals surface area contributed by atoms with Gasteiger partial charge in [-0.2, -0.15) is 5.26 Å². The van der Waals surface area contributed by atoms with Gasteiger partial charge in [0.05, 0.1) is 23.4 Å². The van der Waals surface area contributed by atoms with Crippen molar-refractivity contribution in [3.63, 3.8) is 0 Å². The molecular formula is C23H16ClN3OS. The average molecular weight is 418 g/mol. The van der Waals surface area contributed by atoms with E-state index in [4.69, 9.17) is 16.3 Å². The van der Waals surface area contributed by atoms with E-state index in [2.05, 4.69) is 16.0 Å². The molecule has 0 fully saturated rings. The Hall–Kier alpha value is -3.20. The molecule has 29 heavy (non-hydrogen) atoms. The van der Waals surface area contributed by atoms with Gasteiger partial charge in [-0.1, -0.05) is 29.8 Å². The maximum Gasteiger partial charge on any atom is 0.137 e. The second-order valence-electron chi connectivity index (χ2n) is 6.23. The Bertz CT molecular complexity index is 1240. The first-order valence-corrected chi connectivity index (χ1v) is 10.3. The van der Waals surface area contributed by atoms with Gasteiger partial charge in [-0.25, -0.2) is 9.97 Å². The number of pyridine rings is 1. The summed E-state index contributed by atoms with van der Waals surface area (Å²) in [6.07, 6.45) is 1.74. The molecule has 0 aliphatic heterocycles. The third-order valence-corrected chi connectivity index (χ3v) is 5.50. The lowest BCUT2D eigenvalue weighted by Gasteiger charge is -2.03. The number of hydrogen-bond acceptors (Lipinski definition) is 5. The predicted molar refractivity (Wildman–Crippen MR) is 119 cm³/mol. The van der Waals surface area contributed by atoms with Crippen LogP contribution in [-0.4, -0.2) is 16.6 Å². The van der Waals surface area contributed by atoms with Gasteiger partial charge in [0.25, 0.3) is 0 Å². The molecule has 0 saturated heterocycles. The molecule has 0 unspecified atom stereocenters. The highest BCUT2D eigenvalue weighted by molar-refractivity contribution is 7.11. The summed E-state index contributed by atoms with van der Waals surface area (Å²) in [5.41, 5.74) is 3.75. The van der Waals surface area contributed by atoms with Crippen molar-refractivity contribution < 1.29 is 4.74 Å². The van der Waals surface area contributed by atoms with Crippen LogP contribution in [0.5, 0.6) is 5.75 Å². The lowest BCUT2D eigenvalue weighted by atomic mass is 10.1. The van der Waals surface area contributed by atoms with Crippen LogP contribution in [0.3, 0.4) is 0 Å². The molecule has 4 nitrogen and oxygen atoms in total. The number of thiazole rings is 1. The molecule has 2 aromatic carbocycles. The topological polar surface area (TPSA) is 58.8 Å². The van der Waals surface area contributed by atoms with Crippen LogP contribution in [0.2, 0.25) is 5.15 Å². The predicted octanol–water partition coefficient (Wildman–Crippen LogP) is 6.47. The first-order valence-electron chi connectivity index (χ1n) is 9.04. The van der Waals surface area contributed by atoms with Gasteiger partial charge in [0.1, 0.15) is 22.0 Å². The van der Waals surface area contributed by atoms with Gasteiger partial charge in [-0.05, 0) is 49.4 Å². The van der Waals surface area contributed by atoms with Gasteiger partial charge in [-0.15, -0.1) is 11.3 Å². The third kappa shape index (κ3) is 4.14. The van der Waals surface area contributed by atoms with Gasteiger partial charge in [0, 0.05) is 21.9 Å². The van der Waals surface area contributed by atoms with Gasteiger partial charge in [-0.3, -0.25) is 0 Å². The second-order valence-corrected chi connectivity index (χ2v) is 7.44. The summed E-state index contributed by atoms with van der Waals surface area (Å²) in [6, 6.07) is 19.7. The summed E-state index contributed by atoms with van der Waals surface area (Å²) in [7, 11) is 0. The molecular weight excluding hydrogens is 402 g/mol. The summed E-state index contributed by atoms with van der Waals surface area (Å²) >= 11 is 7.76. The van der Waals surface area contributed by atoms with Gasteiger partial charge in [0.15, 0.2) is 0 Å². The lowest BCUT2D eigenvalue weighted by molar-refractivity contribution is 0.340. The maximum atomic E-state index is 9.69. The molecule has 0 aliphatic carbocycles. The van der Waals surface area contributed by atoms with Crippen LogP contribution in [0, 0.1) is 11.3 Å². The van der Waals surface area contributed by atoms with Crippen LogP contribution in [0.15, 0.2) is 60.0 Å². The Labute approximate surface area is 177 Å². The van der Waals surface area contributed by atoms with E-state index in [9.17, 15) is 5.26 Å². The molecule has 0 atom stereocenters. The molecule has 6 heteroatoms. The Balaban J connectivity index is 1.67. The van der Waals surface area contributed by atoms with E-state index in [-0.39, 0.29) is 0 Å². The Morgan fingerprint density at radius 1 is 1.17 bits per heavy atom. The van der Waals surface area contributed by atoms with Crippen molar-refractivity contribution in [3.8, 4) is 23.1 Å². The number of halogens is 1. The summed E-state index contributed by atoms with van der Waals surface area (Å²) in [5.74, 6) is 0.822. The number of benzene rings is 2. The van der Waals surface area contributed by atoms with Gasteiger partial charge >= 0.3 is 0 Å². The van der Waals surface area contributed by atoms with Crippen molar-refractivity contribution in [2.45, 2.75) is 6.92 Å². The first kappa shape index (κ1) is 19.1. The number of allylic oxidation sites excluding steroid dienone is 1. The van der Waals surface area contributed by atoms with Crippen molar-refractivity contribution in [3.05, 3.63) is 75.7 Å². The molecule has 0 amide bonds. The molecule has 0 radical (unpaired) electrons. The maximum absolute atomic E-state index is 9.69. The summed E-state index contributed by atoms with van der Waals surface area (Å²) < 4.78 is 5.48. The highest BCUT2D eigenvalue weighted by Crippen LogP contribution is 2.30. The van der Waals surface area contributed by atoms with E-state index in [0.29, 0.717) is 27.9 Å². The van der Waals surface area contributed by atoms with Gasteiger partial charge < -0.3 is 4.74 Å². The van der Waals surface area contributed by atoms with Crippen molar-refractivity contribution in [2.24, 2.45) is 0 Å². The summed E-state index contributed by atoms with van der Waals surface area (Å²) in [4.78, 5) is 9.05. The molecule has 2 aromatic heterocycles. The number of fused-ring (bicyclic) bond motifs is 1. The smallest absolute Gasteiger partial charge is 0.137 e. The van der Waals surface area contributed by atoms with E-state index in [1.165, 1.54) is 11.3 Å². The number of aromatic nitrogens is 2. The number of nitrogens with zero attached hydrogens (tertiary/aromatic N) is 3. The van der Waals surface area contributed by atoms with Crippen LogP contribution in [0.4, 0.5) is 0 Å². The minimum absolute atomic E-state index is 0.361. The number of ether oxygens (including phenoxy) is 1. The molecule has 0 spiro atoms. The van der Waals surface area contributed by atoms with Crippen LogP contribution in [-0.2, 0) is 0 Å². The number of hydrogen-bond donors (Lipinski definition) is 0. The monoisotopic (exact) mass is 417 g/mol. The number of rotatable bonds is 5. The zero-order valence-electron chi connectivity index (χ0n) is 15.6. The fourth-order valence-electron chi connectivity index (χ4n) is 2.93. The van der Waals surface area contributed by atoms with Crippen LogP contribution in [0.25, 0.3) is 33.8 Å². The molecule has 0 bridgehead atoms. The normalized spacial score (nSPS) is 11.4. The standard InChI is InChI=1S/C23H16ClN3OS/c1-2-28-19-9-7-15(8-10-19)21-14-29-23(27-21)18(13-25)12-17-11-16-5-3-4-6-20(16)26-22(17)24/h3-12,14H,2H2,1H3. The van der Waals surface area contributed by atoms with Crippen molar-refractivity contribution in [1.82, 2.24) is 9.97 Å². The van der Waals surface area contributed by atoms with Gasteiger partial charge in [0.2, 0.25) is 0 Å². The van der Waals surface area contributed by atoms with E-state index in [1.54, 1.807) is 6.08 Å². The Kier molecular flexibility index (Phi) is 5.57. The molecule has 0 aliphatic rings. The summed E-state index contributed by atoms with van der Waals surface area (Å²) in [6.45, 7) is 2.58. The molecule has 0 N–H and O–H groups in total. The molecule has 0 saturated carbocycles. The second kappa shape index (κ2) is 8.44. The Morgan fingerprint density at radius 3 is 2.72 bits per heavy atom. The quantitative estimate of drug-likeness (QED) is 0.275. The first-order chi connectivity index (χ1) is 14.2. The third-order valence-electron chi connectivity index (χ3n) is 4.32. The minimum atomic E-state index is 0.361. The van der Waals surface area contributed by atoms with E-state index in [0.717, 1.165) is 27.9 Å². The highest BCUT2D eigenvalue weighted by atomic mass is 35.5. The molecule has 2 heterocycles. The van der Waals surface area contributed by atoms with E-state index < -0.39 is 0 Å². The lowest BCUT2D eigenvalue weighted by Crippen LogP contribution is -1.90. The SMILES string of the molecule is CCOc1ccc(-c2csc(C(C#N)=Cc3cc4ccccc4nc3Cl)n2)cc1. The van der Waals surface area contributed by atoms with Crippen molar-refractivity contribution in [2.75, 3.05) is 6.61 Å². The highest BCUT2D eigenvalue weighted by Gasteiger charge is 2.11. The van der Waals surface area contributed by atoms with Crippen molar-refractivity contribution >= 4 is 45.5 Å². The minimum Gasteiger partial charge on any atom is -0.494 e. The van der Waals surface area contributed by atoms with Crippen molar-refractivity contribution in [1.29, 1.82) is 5.26 Å². The zero-order chi connectivity index (χ0) is 20.2. The average Bonchev–Trinajstić information content (AvgIpc) is 3.23. The largest absolute Gasteiger partial charge is 0.494 e. The molecule has 4 rings (SSSR count). The van der Waals surface area contributed by atoms with Crippen LogP contribution in [0.1, 0.15) is 17.5 Å². The Morgan fingerprint density at radius 2 is 1.97 bits per heavy atom. The number of para-hydroxylation sites is 1. The molecule has 142 valence electrons. The fraction of sp³-hybridized carbons (Fsp3) is 0.0870. The van der Waals surface area contributed by atoms with Crippen LogP contribution < -0.4 is 4.74 Å². The van der Waals surface area contributed by atoms with Crippen LogP contribution >= 0.6 is 22.9 Å². The summed E-state index contributed by atoms with van der Waals surface area (Å²) in [5, 5.41) is 13.6. The molecule has 4 aromatic rings. The zero-order valence-corrected chi connectivity index (χ0v) is 17.2. The van der Waals surface area contributed by atoms with E-state index >= 15 is 0 Å².